The first-order chi connectivity index (χ1) is 8.97. The van der Waals surface area contributed by atoms with Gasteiger partial charge in [-0.1, -0.05) is 31.0 Å². The van der Waals surface area contributed by atoms with Crippen LogP contribution in [0.5, 0.6) is 0 Å². The summed E-state index contributed by atoms with van der Waals surface area (Å²) in [5.41, 5.74) is 0.586. The molecule has 0 amide bonds. The number of hydrogen-bond acceptors (Lipinski definition) is 4. The Hall–Kier alpha value is -0.810. The van der Waals surface area contributed by atoms with E-state index in [0.29, 0.717) is 10.8 Å². The van der Waals surface area contributed by atoms with Crippen LogP contribution in [0, 0.1) is 0 Å². The van der Waals surface area contributed by atoms with Crippen LogP contribution in [0.2, 0.25) is 0 Å². The smallest absolute Gasteiger partial charge is 0.219 e. The van der Waals surface area contributed by atoms with E-state index in [1.54, 1.807) is 12.1 Å². The summed E-state index contributed by atoms with van der Waals surface area (Å²) in [6.45, 7) is 0. The van der Waals surface area contributed by atoms with Crippen molar-refractivity contribution >= 4 is 26.7 Å². The molecule has 0 unspecified atom stereocenters. The van der Waals surface area contributed by atoms with Crippen LogP contribution in [0.4, 0.5) is 0 Å². The van der Waals surface area contributed by atoms with Crippen molar-refractivity contribution in [1.82, 2.24) is 0 Å². The lowest BCUT2D eigenvalue weighted by Gasteiger charge is -2.19. The third-order valence-corrected chi connectivity index (χ3v) is 5.73. The van der Waals surface area contributed by atoms with Crippen LogP contribution >= 0.6 is 11.8 Å². The maximum atomic E-state index is 12.1. The van der Waals surface area contributed by atoms with Crippen molar-refractivity contribution in [2.24, 2.45) is 0 Å². The van der Waals surface area contributed by atoms with Gasteiger partial charge in [0.25, 0.3) is 0 Å². The van der Waals surface area contributed by atoms with Gasteiger partial charge in [-0.25, -0.2) is 8.42 Å². The number of hydrogen-bond donors (Lipinski definition) is 0. The monoisotopic (exact) mass is 298 g/mol. The third-order valence-electron chi connectivity index (χ3n) is 3.34. The second kappa shape index (κ2) is 6.09. The predicted octanol–water partition coefficient (Wildman–Crippen LogP) is 3.30. The zero-order chi connectivity index (χ0) is 13.9. The third kappa shape index (κ3) is 4.08. The Morgan fingerprint density at radius 3 is 2.21 bits per heavy atom. The van der Waals surface area contributed by atoms with Gasteiger partial charge in [-0.05, 0) is 37.1 Å². The molecule has 19 heavy (non-hydrogen) atoms. The van der Waals surface area contributed by atoms with Crippen molar-refractivity contribution in [3.63, 3.8) is 0 Å². The summed E-state index contributed by atoms with van der Waals surface area (Å²) in [7, 11) is -3.19. The highest BCUT2D eigenvalue weighted by Crippen LogP contribution is 2.30. The van der Waals surface area contributed by atoms with Crippen LogP contribution in [0.3, 0.4) is 0 Å². The minimum absolute atomic E-state index is 0.0481. The molecule has 0 N–H and O–H groups in total. The van der Waals surface area contributed by atoms with E-state index >= 15 is 0 Å². The highest BCUT2D eigenvalue weighted by atomic mass is 32.2. The molecule has 3 nitrogen and oxygen atoms in total. The molecule has 2 rings (SSSR count). The van der Waals surface area contributed by atoms with Gasteiger partial charge in [0.05, 0.1) is 4.90 Å². The fourth-order valence-corrected chi connectivity index (χ4v) is 4.02. The molecule has 5 heteroatoms. The lowest BCUT2D eigenvalue weighted by atomic mass is 10.0. The standard InChI is InChI=1S/C14H18O3S2/c1-19(16,17)13-9-7-11(8-10-13)14(15)18-12-5-3-2-4-6-12/h7-10,12H,2-6H2,1H3. The van der Waals surface area contributed by atoms with Gasteiger partial charge < -0.3 is 0 Å². The molecule has 0 heterocycles. The fraction of sp³-hybridized carbons (Fsp3) is 0.500. The van der Waals surface area contributed by atoms with E-state index in [-0.39, 0.29) is 10.0 Å². The highest BCUT2D eigenvalue weighted by Gasteiger charge is 2.19. The largest absolute Gasteiger partial charge is 0.282 e. The molecule has 0 spiro atoms. The predicted molar refractivity (Wildman–Crippen MR) is 78.3 cm³/mol. The lowest BCUT2D eigenvalue weighted by Crippen LogP contribution is -2.11. The SMILES string of the molecule is CS(=O)(=O)c1ccc(C(=O)SC2CCCCC2)cc1. The number of rotatable bonds is 3. The van der Waals surface area contributed by atoms with Crippen LogP contribution in [-0.2, 0) is 9.84 Å². The second-order valence-electron chi connectivity index (χ2n) is 4.96. The van der Waals surface area contributed by atoms with Crippen LogP contribution < -0.4 is 0 Å². The molecule has 0 saturated heterocycles. The van der Waals surface area contributed by atoms with E-state index in [4.69, 9.17) is 0 Å². The van der Waals surface area contributed by atoms with Gasteiger partial charge in [-0.3, -0.25) is 4.79 Å². The molecule has 0 radical (unpaired) electrons. The van der Waals surface area contributed by atoms with Gasteiger partial charge in [0, 0.05) is 17.1 Å². The number of carbonyl (C=O) groups is 1. The van der Waals surface area contributed by atoms with E-state index in [2.05, 4.69) is 0 Å². The molecular formula is C14H18O3S2. The molecule has 0 aliphatic heterocycles. The van der Waals surface area contributed by atoms with E-state index in [9.17, 15) is 13.2 Å². The van der Waals surface area contributed by atoms with Gasteiger partial charge >= 0.3 is 0 Å². The summed E-state index contributed by atoms with van der Waals surface area (Å²) in [4.78, 5) is 12.3. The van der Waals surface area contributed by atoms with E-state index in [1.165, 1.54) is 49.4 Å². The maximum Gasteiger partial charge on any atom is 0.219 e. The molecule has 0 atom stereocenters. The summed E-state index contributed by atoms with van der Waals surface area (Å²) in [5, 5.41) is 0.475. The van der Waals surface area contributed by atoms with Gasteiger partial charge in [-0.15, -0.1) is 0 Å². The first-order valence-electron chi connectivity index (χ1n) is 6.48. The molecule has 1 saturated carbocycles. The molecule has 1 aliphatic rings. The van der Waals surface area contributed by atoms with Crippen molar-refractivity contribution < 1.29 is 13.2 Å². The minimum Gasteiger partial charge on any atom is -0.282 e. The van der Waals surface area contributed by atoms with Crippen molar-refractivity contribution in [2.45, 2.75) is 42.2 Å². The van der Waals surface area contributed by atoms with E-state index in [1.807, 2.05) is 0 Å². The van der Waals surface area contributed by atoms with Crippen molar-refractivity contribution in [1.29, 1.82) is 0 Å². The molecule has 104 valence electrons. The molecule has 1 aromatic rings. The Labute approximate surface area is 118 Å². The van der Waals surface area contributed by atoms with Gasteiger partial charge in [-0.2, -0.15) is 0 Å². The Morgan fingerprint density at radius 2 is 1.68 bits per heavy atom. The Balaban J connectivity index is 2.03. The highest BCUT2D eigenvalue weighted by molar-refractivity contribution is 8.14. The van der Waals surface area contributed by atoms with Crippen LogP contribution in [0.15, 0.2) is 29.2 Å². The normalized spacial score (nSPS) is 17.3. The zero-order valence-corrected chi connectivity index (χ0v) is 12.6. The number of benzene rings is 1. The maximum absolute atomic E-state index is 12.1. The quantitative estimate of drug-likeness (QED) is 0.859. The van der Waals surface area contributed by atoms with Crippen LogP contribution in [0.25, 0.3) is 0 Å². The minimum atomic E-state index is -3.19. The molecular weight excluding hydrogens is 280 g/mol. The van der Waals surface area contributed by atoms with E-state index < -0.39 is 9.84 Å². The average molecular weight is 298 g/mol. The van der Waals surface area contributed by atoms with Crippen molar-refractivity contribution in [3.05, 3.63) is 29.8 Å². The first-order valence-corrected chi connectivity index (χ1v) is 9.25. The summed E-state index contributed by atoms with van der Waals surface area (Å²) in [6.07, 6.45) is 7.07. The fourth-order valence-electron chi connectivity index (χ4n) is 2.24. The van der Waals surface area contributed by atoms with Gasteiger partial charge in [0.2, 0.25) is 5.12 Å². The molecule has 1 aromatic carbocycles. The van der Waals surface area contributed by atoms with Gasteiger partial charge in [0.1, 0.15) is 0 Å². The summed E-state index contributed by atoms with van der Waals surface area (Å²) in [6, 6.07) is 6.22. The van der Waals surface area contributed by atoms with Crippen LogP contribution in [-0.4, -0.2) is 25.0 Å². The summed E-state index contributed by atoms with van der Waals surface area (Å²) < 4.78 is 22.7. The average Bonchev–Trinajstić information content (AvgIpc) is 2.39. The second-order valence-corrected chi connectivity index (χ2v) is 8.25. The number of carbonyl (C=O) groups excluding carboxylic acids is 1. The molecule has 0 aromatic heterocycles. The zero-order valence-electron chi connectivity index (χ0n) is 11.0. The van der Waals surface area contributed by atoms with E-state index in [0.717, 1.165) is 12.8 Å². The van der Waals surface area contributed by atoms with Crippen molar-refractivity contribution in [3.8, 4) is 0 Å². The molecule has 0 bridgehead atoms. The lowest BCUT2D eigenvalue weighted by molar-refractivity contribution is 0.108. The molecule has 1 aliphatic carbocycles. The topological polar surface area (TPSA) is 51.2 Å². The van der Waals surface area contributed by atoms with Crippen LogP contribution in [0.1, 0.15) is 42.5 Å². The Morgan fingerprint density at radius 1 is 1.11 bits per heavy atom. The molecule has 1 fully saturated rings. The first kappa shape index (κ1) is 14.6. The Kier molecular flexibility index (Phi) is 4.68. The summed E-state index contributed by atoms with van der Waals surface area (Å²) >= 11 is 1.40. The van der Waals surface area contributed by atoms with Crippen molar-refractivity contribution in [2.75, 3.05) is 6.26 Å². The number of sulfone groups is 1. The van der Waals surface area contributed by atoms with Gasteiger partial charge in [0.15, 0.2) is 9.84 Å². The Bertz CT molecular complexity index is 541. The number of thioether (sulfide) groups is 1. The summed E-state index contributed by atoms with van der Waals surface area (Å²) in [5.74, 6) is 0.